The molecule has 0 radical (unpaired) electrons. The summed E-state index contributed by atoms with van der Waals surface area (Å²) in [4.78, 5) is 30.5. The SMILES string of the molecule is CC1=C(C(=O)Nc2ccccn2)[C@H](c2ccsc2)C2=C(CC(C)(C)CC2=O)N1. The third-order valence-corrected chi connectivity index (χ3v) is 5.97. The van der Waals surface area contributed by atoms with Gasteiger partial charge in [-0.3, -0.25) is 9.59 Å². The number of pyridine rings is 1. The van der Waals surface area contributed by atoms with E-state index < -0.39 is 0 Å². The Hall–Kier alpha value is -2.73. The number of hydrogen-bond donors (Lipinski definition) is 2. The van der Waals surface area contributed by atoms with Gasteiger partial charge in [0.1, 0.15) is 5.82 Å². The van der Waals surface area contributed by atoms with Crippen molar-refractivity contribution in [2.75, 3.05) is 5.32 Å². The van der Waals surface area contributed by atoms with Gasteiger partial charge >= 0.3 is 0 Å². The summed E-state index contributed by atoms with van der Waals surface area (Å²) in [6, 6.07) is 7.38. The molecular weight excluding hydrogens is 370 g/mol. The van der Waals surface area contributed by atoms with Crippen LogP contribution in [0.15, 0.2) is 63.8 Å². The van der Waals surface area contributed by atoms with Crippen molar-refractivity contribution in [1.82, 2.24) is 10.3 Å². The third-order valence-electron chi connectivity index (χ3n) is 5.27. The summed E-state index contributed by atoms with van der Waals surface area (Å²) in [6.07, 6.45) is 2.92. The molecule has 3 heterocycles. The normalized spacial score (nSPS) is 21.2. The van der Waals surface area contributed by atoms with Crippen molar-refractivity contribution in [3.63, 3.8) is 0 Å². The molecule has 0 saturated carbocycles. The van der Waals surface area contributed by atoms with Gasteiger partial charge in [0, 0.05) is 41.1 Å². The lowest BCUT2D eigenvalue weighted by atomic mass is 9.69. The molecule has 2 aromatic rings. The van der Waals surface area contributed by atoms with Gasteiger partial charge in [0.2, 0.25) is 0 Å². The van der Waals surface area contributed by atoms with E-state index in [-0.39, 0.29) is 23.0 Å². The van der Waals surface area contributed by atoms with Crippen molar-refractivity contribution >= 4 is 28.8 Å². The number of nitrogens with zero attached hydrogens (tertiary/aromatic N) is 1. The van der Waals surface area contributed by atoms with E-state index in [4.69, 9.17) is 0 Å². The Balaban J connectivity index is 1.78. The summed E-state index contributed by atoms with van der Waals surface area (Å²) < 4.78 is 0. The van der Waals surface area contributed by atoms with Gasteiger partial charge in [-0.25, -0.2) is 4.98 Å². The van der Waals surface area contributed by atoms with Gasteiger partial charge in [0.15, 0.2) is 5.78 Å². The van der Waals surface area contributed by atoms with Crippen LogP contribution < -0.4 is 10.6 Å². The van der Waals surface area contributed by atoms with Crippen molar-refractivity contribution in [2.45, 2.75) is 39.5 Å². The molecule has 2 N–H and O–H groups in total. The van der Waals surface area contributed by atoms with Crippen LogP contribution in [-0.4, -0.2) is 16.7 Å². The second kappa shape index (κ2) is 7.02. The lowest BCUT2D eigenvalue weighted by molar-refractivity contribution is -0.118. The molecule has 4 rings (SSSR count). The zero-order chi connectivity index (χ0) is 19.9. The molecule has 28 heavy (non-hydrogen) atoms. The van der Waals surface area contributed by atoms with Crippen molar-refractivity contribution in [3.8, 4) is 0 Å². The van der Waals surface area contributed by atoms with Crippen molar-refractivity contribution in [3.05, 3.63) is 69.3 Å². The fraction of sp³-hybridized carbons (Fsp3) is 0.318. The summed E-state index contributed by atoms with van der Waals surface area (Å²) in [6.45, 7) is 6.12. The molecule has 0 saturated heterocycles. The lowest BCUT2D eigenvalue weighted by Crippen LogP contribution is -2.39. The van der Waals surface area contributed by atoms with Crippen LogP contribution >= 0.6 is 11.3 Å². The number of carbonyl (C=O) groups excluding carboxylic acids is 2. The molecule has 1 aliphatic carbocycles. The zero-order valence-electron chi connectivity index (χ0n) is 16.2. The van der Waals surface area contributed by atoms with E-state index in [1.54, 1.807) is 29.7 Å². The quantitative estimate of drug-likeness (QED) is 0.811. The molecule has 0 bridgehead atoms. The van der Waals surface area contributed by atoms with E-state index in [0.717, 1.165) is 29.0 Å². The van der Waals surface area contributed by atoms with Crippen molar-refractivity contribution < 1.29 is 9.59 Å². The van der Waals surface area contributed by atoms with Crippen LogP contribution in [0.2, 0.25) is 0 Å². The Labute approximate surface area is 168 Å². The monoisotopic (exact) mass is 393 g/mol. The van der Waals surface area contributed by atoms with Gasteiger partial charge in [-0.2, -0.15) is 11.3 Å². The van der Waals surface area contributed by atoms with Gasteiger partial charge in [-0.15, -0.1) is 0 Å². The number of Topliss-reactive ketones (excluding diaryl/α,β-unsaturated/α-hetero) is 1. The van der Waals surface area contributed by atoms with Crippen LogP contribution in [0.5, 0.6) is 0 Å². The average molecular weight is 394 g/mol. The lowest BCUT2D eigenvalue weighted by Gasteiger charge is -2.39. The molecule has 0 unspecified atom stereocenters. The van der Waals surface area contributed by atoms with Crippen LogP contribution in [0.3, 0.4) is 0 Å². The van der Waals surface area contributed by atoms with Gasteiger partial charge in [-0.05, 0) is 53.3 Å². The topological polar surface area (TPSA) is 71.1 Å². The van der Waals surface area contributed by atoms with Gasteiger partial charge in [-0.1, -0.05) is 19.9 Å². The van der Waals surface area contributed by atoms with E-state index in [2.05, 4.69) is 29.5 Å². The smallest absolute Gasteiger partial charge is 0.255 e. The summed E-state index contributed by atoms with van der Waals surface area (Å²) in [7, 11) is 0. The largest absolute Gasteiger partial charge is 0.362 e. The van der Waals surface area contributed by atoms with Crippen molar-refractivity contribution in [1.29, 1.82) is 0 Å². The maximum Gasteiger partial charge on any atom is 0.255 e. The van der Waals surface area contributed by atoms with E-state index in [0.29, 0.717) is 17.8 Å². The predicted molar refractivity (Wildman–Crippen MR) is 111 cm³/mol. The molecule has 2 aromatic heterocycles. The number of anilines is 1. The molecule has 0 spiro atoms. The average Bonchev–Trinajstić information content (AvgIpc) is 3.14. The molecule has 5 nitrogen and oxygen atoms in total. The first-order valence-corrected chi connectivity index (χ1v) is 10.3. The number of nitrogens with one attached hydrogen (secondary N) is 2. The second-order valence-electron chi connectivity index (χ2n) is 8.16. The maximum atomic E-state index is 13.2. The second-order valence-corrected chi connectivity index (χ2v) is 8.94. The highest BCUT2D eigenvalue weighted by Crippen LogP contribution is 2.47. The Morgan fingerprint density at radius 1 is 1.29 bits per heavy atom. The maximum absolute atomic E-state index is 13.2. The fourth-order valence-electron chi connectivity index (χ4n) is 4.13. The molecular formula is C22H23N3O2S. The Kier molecular flexibility index (Phi) is 4.67. The van der Waals surface area contributed by atoms with E-state index in [9.17, 15) is 9.59 Å². The summed E-state index contributed by atoms with van der Waals surface area (Å²) in [5.74, 6) is 0.0252. The van der Waals surface area contributed by atoms with Crippen LogP contribution in [0, 0.1) is 5.41 Å². The molecule has 144 valence electrons. The highest BCUT2D eigenvalue weighted by Gasteiger charge is 2.42. The molecule has 1 atom stereocenters. The first-order valence-electron chi connectivity index (χ1n) is 9.34. The predicted octanol–water partition coefficient (Wildman–Crippen LogP) is 4.39. The number of aromatic nitrogens is 1. The Morgan fingerprint density at radius 2 is 2.11 bits per heavy atom. The Morgan fingerprint density at radius 3 is 2.79 bits per heavy atom. The summed E-state index contributed by atoms with van der Waals surface area (Å²) in [5, 5.41) is 10.3. The number of dihydropyridines is 1. The van der Waals surface area contributed by atoms with Crippen LogP contribution in [0.4, 0.5) is 5.82 Å². The zero-order valence-corrected chi connectivity index (χ0v) is 17.0. The first-order chi connectivity index (χ1) is 13.4. The number of rotatable bonds is 3. The number of ketones is 1. The van der Waals surface area contributed by atoms with Crippen LogP contribution in [0.1, 0.15) is 45.1 Å². The third kappa shape index (κ3) is 3.40. The summed E-state index contributed by atoms with van der Waals surface area (Å²) in [5.41, 5.74) is 3.94. The number of carbonyl (C=O) groups is 2. The molecule has 0 fully saturated rings. The van der Waals surface area contributed by atoms with Gasteiger partial charge in [0.05, 0.1) is 0 Å². The number of allylic oxidation sites excluding steroid dienone is 3. The summed E-state index contributed by atoms with van der Waals surface area (Å²) >= 11 is 1.57. The van der Waals surface area contributed by atoms with Gasteiger partial charge in [0.25, 0.3) is 5.91 Å². The number of thiophene rings is 1. The first kappa shape index (κ1) is 18.6. The number of hydrogen-bond acceptors (Lipinski definition) is 5. The standard InChI is InChI=1S/C22H23N3O2S/c1-13-18(21(27)25-17-6-4-5-8-23-17)19(14-7-9-28-12-14)20-15(24-13)10-22(2,3)11-16(20)26/h4-9,12,19,24H,10-11H2,1-3H3,(H,23,25,27)/t19-/m0/s1. The van der Waals surface area contributed by atoms with E-state index in [1.807, 2.05) is 29.8 Å². The van der Waals surface area contributed by atoms with E-state index >= 15 is 0 Å². The minimum atomic E-state index is -0.352. The van der Waals surface area contributed by atoms with Crippen LogP contribution in [0.25, 0.3) is 0 Å². The minimum Gasteiger partial charge on any atom is -0.362 e. The highest BCUT2D eigenvalue weighted by atomic mass is 32.1. The van der Waals surface area contributed by atoms with Crippen LogP contribution in [-0.2, 0) is 9.59 Å². The molecule has 1 aliphatic heterocycles. The van der Waals surface area contributed by atoms with Crippen molar-refractivity contribution in [2.24, 2.45) is 5.41 Å². The van der Waals surface area contributed by atoms with Gasteiger partial charge < -0.3 is 10.6 Å². The molecule has 0 aromatic carbocycles. The molecule has 6 heteroatoms. The Bertz CT molecular complexity index is 988. The molecule has 1 amide bonds. The fourth-order valence-corrected chi connectivity index (χ4v) is 4.82. The number of amides is 1. The highest BCUT2D eigenvalue weighted by molar-refractivity contribution is 7.08. The minimum absolute atomic E-state index is 0.0872. The van der Waals surface area contributed by atoms with E-state index in [1.165, 1.54) is 0 Å². The molecule has 2 aliphatic rings.